The Bertz CT molecular complexity index is 972. The van der Waals surface area contributed by atoms with Crippen molar-refractivity contribution in [3.05, 3.63) is 60.2 Å². The summed E-state index contributed by atoms with van der Waals surface area (Å²) < 4.78 is 20.7. The summed E-state index contributed by atoms with van der Waals surface area (Å²) in [5.74, 6) is 0. The van der Waals surface area contributed by atoms with Crippen molar-refractivity contribution in [3.63, 3.8) is 0 Å². The van der Waals surface area contributed by atoms with Crippen LogP contribution in [0.3, 0.4) is 0 Å². The van der Waals surface area contributed by atoms with Gasteiger partial charge in [0.2, 0.25) is 0 Å². The Morgan fingerprint density at radius 3 is 1.12 bits per heavy atom. The molecule has 8 nitrogen and oxygen atoms in total. The molecule has 2 rings (SSSR count). The van der Waals surface area contributed by atoms with Crippen molar-refractivity contribution in [2.24, 2.45) is 0 Å². The minimum atomic E-state index is -2.87. The van der Waals surface area contributed by atoms with Crippen molar-refractivity contribution in [3.8, 4) is 0 Å². The molecule has 0 bridgehead atoms. The normalized spacial score (nSPS) is 12.5. The van der Waals surface area contributed by atoms with Gasteiger partial charge in [-0.2, -0.15) is 0 Å². The number of benzene rings is 2. The number of rotatable bonds is 16. The van der Waals surface area contributed by atoms with E-state index in [-0.39, 0.29) is 0 Å². The number of aryl methyl sites for hydroxylation is 1. The second-order valence-corrected chi connectivity index (χ2v) is 29.2. The Kier molecular flexibility index (Phi) is 17.4. The van der Waals surface area contributed by atoms with E-state index >= 15 is 0 Å². The van der Waals surface area contributed by atoms with Gasteiger partial charge < -0.3 is 0 Å². The van der Waals surface area contributed by atoms with Crippen LogP contribution in [-0.2, 0) is 0 Å². The van der Waals surface area contributed by atoms with Gasteiger partial charge in [0.25, 0.3) is 0 Å². The van der Waals surface area contributed by atoms with Gasteiger partial charge in [-0.05, 0) is 0 Å². The van der Waals surface area contributed by atoms with Crippen molar-refractivity contribution < 1.29 is 0 Å². The van der Waals surface area contributed by atoms with Crippen LogP contribution >= 0.6 is 0 Å². The molecule has 0 aliphatic rings. The predicted molar refractivity (Wildman–Crippen MR) is 196 cm³/mol. The number of nitrogens with zero attached hydrogens (tertiary/aromatic N) is 8. The SMILES string of the molecule is CC[N](CC)[Ge]([N](CC)CC)([N](CC)CC)[N](C)c1ccccc1.Cc1cccc([N](C)[Ge]([N](C)C)([N](C)C)[N](C)C)c1. The number of para-hydroxylation sites is 1. The van der Waals surface area contributed by atoms with Crippen molar-refractivity contribution in [1.29, 1.82) is 0 Å². The van der Waals surface area contributed by atoms with Crippen molar-refractivity contribution in [2.45, 2.75) is 48.5 Å². The Hall–Kier alpha value is -1.11. The molecule has 0 saturated heterocycles. The first-order valence-electron chi connectivity index (χ1n) is 16.2. The minimum absolute atomic E-state index is 1.10. The Labute approximate surface area is 273 Å². The molecule has 2 aromatic carbocycles. The molecule has 2 aromatic rings. The molecule has 0 fully saturated rings. The third kappa shape index (κ3) is 8.58. The van der Waals surface area contributed by atoms with E-state index in [0.29, 0.717) is 0 Å². The van der Waals surface area contributed by atoms with Crippen LogP contribution in [0.5, 0.6) is 0 Å². The van der Waals surface area contributed by atoms with Crippen molar-refractivity contribution in [2.75, 3.05) is 103 Å². The molecule has 0 amide bonds. The second-order valence-electron chi connectivity index (χ2n) is 11.7. The van der Waals surface area contributed by atoms with Gasteiger partial charge >= 0.3 is 275 Å². The fraction of sp³-hybridized carbons (Fsp3) is 0.636. The van der Waals surface area contributed by atoms with Crippen LogP contribution in [0.4, 0.5) is 11.4 Å². The van der Waals surface area contributed by atoms with Crippen LogP contribution < -0.4 is 7.71 Å². The second kappa shape index (κ2) is 18.8. The third-order valence-corrected chi connectivity index (χ3v) is 30.5. The van der Waals surface area contributed by atoms with E-state index in [9.17, 15) is 0 Å². The zero-order chi connectivity index (χ0) is 33.0. The summed E-state index contributed by atoms with van der Waals surface area (Å²) in [6, 6.07) is 19.7. The third-order valence-electron chi connectivity index (χ3n) is 8.80. The molecule has 0 saturated carbocycles. The van der Waals surface area contributed by atoms with Gasteiger partial charge in [-0.25, -0.2) is 0 Å². The van der Waals surface area contributed by atoms with Gasteiger partial charge in [-0.3, -0.25) is 0 Å². The van der Waals surface area contributed by atoms with Crippen LogP contribution in [0.25, 0.3) is 0 Å². The van der Waals surface area contributed by atoms with Gasteiger partial charge in [0.1, 0.15) is 0 Å². The average Bonchev–Trinajstić information content (AvgIpc) is 2.98. The van der Waals surface area contributed by atoms with E-state index in [4.69, 9.17) is 0 Å². The molecule has 0 aliphatic heterocycles. The molecular formula is C33H66Ge2N8. The van der Waals surface area contributed by atoms with Crippen LogP contribution in [0.1, 0.15) is 47.1 Å². The number of hydrogen-bond donors (Lipinski definition) is 0. The zero-order valence-electron chi connectivity index (χ0n) is 30.5. The summed E-state index contributed by atoms with van der Waals surface area (Å²) in [6.07, 6.45) is 0. The maximum atomic E-state index is 2.77. The molecule has 246 valence electrons. The van der Waals surface area contributed by atoms with Crippen LogP contribution in [0.2, 0.25) is 0 Å². The van der Waals surface area contributed by atoms with Crippen molar-refractivity contribution >= 4 is 39.7 Å². The van der Waals surface area contributed by atoms with Gasteiger partial charge in [-0.15, -0.1) is 0 Å². The van der Waals surface area contributed by atoms with E-state index < -0.39 is 28.3 Å². The van der Waals surface area contributed by atoms with Crippen LogP contribution in [-0.4, -0.2) is 147 Å². The fourth-order valence-corrected chi connectivity index (χ4v) is 28.5. The monoisotopic (exact) mass is 722 g/mol. The van der Waals surface area contributed by atoms with E-state index in [1.165, 1.54) is 16.9 Å². The first-order chi connectivity index (χ1) is 20.3. The molecule has 0 N–H and O–H groups in total. The Morgan fingerprint density at radius 2 is 0.791 bits per heavy atom. The molecule has 10 heteroatoms. The first kappa shape index (κ1) is 39.9. The first-order valence-corrected chi connectivity index (χ1v) is 23.7. The van der Waals surface area contributed by atoms with E-state index in [2.05, 4.69) is 190 Å². The van der Waals surface area contributed by atoms with E-state index in [1.54, 1.807) is 0 Å². The topological polar surface area (TPSA) is 25.9 Å². The standard InChI is InChI=1S/C19H38GeN4.C14H28GeN4/c1-8-22(9-2)20(23(10-3)11-4,24(12-5)13-6)21(7)19-17-15-14-16-18-19;1-13-10-9-11-14(12-13)19(8)15(16(2)3,17(4)5)18(6)7/h14-18H,8-13H2,1-7H3;9-12H,1-8H3. The van der Waals surface area contributed by atoms with E-state index in [1.807, 2.05) is 0 Å². The van der Waals surface area contributed by atoms with Gasteiger partial charge in [0.05, 0.1) is 0 Å². The molecular weight excluding hydrogens is 654 g/mol. The predicted octanol–water partition coefficient (Wildman–Crippen LogP) is 5.14. The van der Waals surface area contributed by atoms with E-state index in [0.717, 1.165) is 39.3 Å². The molecule has 43 heavy (non-hydrogen) atoms. The molecule has 0 radical (unpaired) electrons. The van der Waals surface area contributed by atoms with Gasteiger partial charge in [-0.1, -0.05) is 0 Å². The van der Waals surface area contributed by atoms with Crippen LogP contribution in [0.15, 0.2) is 54.6 Å². The molecule has 0 aliphatic carbocycles. The zero-order valence-corrected chi connectivity index (χ0v) is 34.7. The summed E-state index contributed by atoms with van der Waals surface area (Å²) in [6.45, 7) is 22.6. The average molecular weight is 720 g/mol. The molecule has 0 heterocycles. The summed E-state index contributed by atoms with van der Waals surface area (Å²) in [4.78, 5) is 0. The van der Waals surface area contributed by atoms with Crippen LogP contribution in [0, 0.1) is 6.92 Å². The summed E-state index contributed by atoms with van der Waals surface area (Å²) >= 11 is -5.55. The maximum absolute atomic E-state index is 2.87. The fourth-order valence-electron chi connectivity index (χ4n) is 7.11. The van der Waals surface area contributed by atoms with Gasteiger partial charge in [0, 0.05) is 0 Å². The van der Waals surface area contributed by atoms with Crippen molar-refractivity contribution in [1.82, 2.24) is 23.1 Å². The molecule has 0 aromatic heterocycles. The molecule has 0 spiro atoms. The molecule has 0 atom stereocenters. The Morgan fingerprint density at radius 1 is 0.442 bits per heavy atom. The summed E-state index contributed by atoms with van der Waals surface area (Å²) in [7, 11) is 17.7. The molecule has 0 unspecified atom stereocenters. The number of anilines is 2. The summed E-state index contributed by atoms with van der Waals surface area (Å²) in [5.41, 5.74) is 3.93. The van der Waals surface area contributed by atoms with Gasteiger partial charge in [0.15, 0.2) is 0 Å². The number of hydrogen-bond acceptors (Lipinski definition) is 8. The quantitative estimate of drug-likeness (QED) is 0.221. The Balaban J connectivity index is 0.000000442. The summed E-state index contributed by atoms with van der Waals surface area (Å²) in [5, 5.41) is 0.